The molecule has 0 radical (unpaired) electrons. The summed E-state index contributed by atoms with van der Waals surface area (Å²) in [6.07, 6.45) is 4.54. The van der Waals surface area contributed by atoms with E-state index in [-0.39, 0.29) is 18.4 Å². The molecule has 0 saturated carbocycles. The third-order valence-corrected chi connectivity index (χ3v) is 4.20. The highest BCUT2D eigenvalue weighted by Crippen LogP contribution is 2.27. The van der Waals surface area contributed by atoms with Crippen LogP contribution >= 0.6 is 0 Å². The molecule has 0 bridgehead atoms. The van der Waals surface area contributed by atoms with Gasteiger partial charge < -0.3 is 14.8 Å². The Morgan fingerprint density at radius 3 is 2.48 bits per heavy atom. The lowest BCUT2D eigenvalue weighted by Gasteiger charge is -2.11. The van der Waals surface area contributed by atoms with Gasteiger partial charge in [-0.3, -0.25) is 14.6 Å². The Kier molecular flexibility index (Phi) is 7.31. The molecule has 1 aromatic heterocycles. The van der Waals surface area contributed by atoms with E-state index in [4.69, 9.17) is 9.47 Å². The number of benzene rings is 2. The van der Waals surface area contributed by atoms with Crippen molar-refractivity contribution < 1.29 is 19.1 Å². The molecule has 3 aromatic rings. The second kappa shape index (κ2) is 10.5. The molecule has 8 nitrogen and oxygen atoms in total. The Hall–Kier alpha value is -4.20. The van der Waals surface area contributed by atoms with Gasteiger partial charge in [0.1, 0.15) is 0 Å². The molecule has 0 atom stereocenters. The van der Waals surface area contributed by atoms with Gasteiger partial charge in [-0.25, -0.2) is 5.43 Å². The number of pyridine rings is 1. The zero-order valence-electron chi connectivity index (χ0n) is 17.2. The van der Waals surface area contributed by atoms with Crippen LogP contribution in [0, 0.1) is 6.92 Å². The number of rotatable bonds is 8. The second-order valence-corrected chi connectivity index (χ2v) is 6.55. The number of carbonyl (C=O) groups is 2. The van der Waals surface area contributed by atoms with Crippen LogP contribution in [-0.4, -0.2) is 36.7 Å². The van der Waals surface area contributed by atoms with Crippen LogP contribution in [0.15, 0.2) is 72.1 Å². The Morgan fingerprint density at radius 2 is 1.77 bits per heavy atom. The average Bonchev–Trinajstić information content (AvgIpc) is 2.80. The summed E-state index contributed by atoms with van der Waals surface area (Å²) in [4.78, 5) is 28.0. The summed E-state index contributed by atoms with van der Waals surface area (Å²) in [6, 6.07) is 15.8. The minimum atomic E-state index is -0.342. The predicted octanol–water partition coefficient (Wildman–Crippen LogP) is 3.18. The van der Waals surface area contributed by atoms with Gasteiger partial charge in [0, 0.05) is 23.6 Å². The van der Waals surface area contributed by atoms with Crippen molar-refractivity contribution in [2.24, 2.45) is 5.10 Å². The molecule has 2 amide bonds. The van der Waals surface area contributed by atoms with E-state index < -0.39 is 0 Å². The van der Waals surface area contributed by atoms with Crippen LogP contribution in [-0.2, 0) is 4.79 Å². The number of nitrogens with zero attached hydrogens (tertiary/aromatic N) is 2. The van der Waals surface area contributed by atoms with E-state index in [2.05, 4.69) is 20.8 Å². The van der Waals surface area contributed by atoms with Gasteiger partial charge in [0.2, 0.25) is 0 Å². The summed E-state index contributed by atoms with van der Waals surface area (Å²) in [5.41, 5.74) is 5.39. The van der Waals surface area contributed by atoms with Gasteiger partial charge in [-0.15, -0.1) is 0 Å². The second-order valence-electron chi connectivity index (χ2n) is 6.55. The van der Waals surface area contributed by atoms with Crippen LogP contribution < -0.4 is 20.2 Å². The highest BCUT2D eigenvalue weighted by atomic mass is 16.5. The van der Waals surface area contributed by atoms with E-state index in [1.54, 1.807) is 30.3 Å². The smallest absolute Gasteiger partial charge is 0.271 e. The fraction of sp³-hybridized carbons (Fsp3) is 0.130. The lowest BCUT2D eigenvalue weighted by molar-refractivity contribution is -0.118. The highest BCUT2D eigenvalue weighted by Gasteiger charge is 2.09. The largest absolute Gasteiger partial charge is 0.493 e. The van der Waals surface area contributed by atoms with Crippen molar-refractivity contribution in [1.29, 1.82) is 0 Å². The van der Waals surface area contributed by atoms with Crippen molar-refractivity contribution in [1.82, 2.24) is 10.4 Å². The summed E-state index contributed by atoms with van der Waals surface area (Å²) in [5.74, 6) is 0.229. The van der Waals surface area contributed by atoms with Crippen LogP contribution in [0.25, 0.3) is 0 Å². The Morgan fingerprint density at radius 1 is 1.03 bits per heavy atom. The molecule has 3 rings (SSSR count). The molecule has 0 saturated heterocycles. The van der Waals surface area contributed by atoms with Crippen molar-refractivity contribution in [2.75, 3.05) is 19.0 Å². The van der Waals surface area contributed by atoms with Gasteiger partial charge in [0.05, 0.1) is 13.3 Å². The molecule has 31 heavy (non-hydrogen) atoms. The summed E-state index contributed by atoms with van der Waals surface area (Å²) < 4.78 is 10.9. The first kappa shape index (κ1) is 21.5. The summed E-state index contributed by atoms with van der Waals surface area (Å²) in [6.45, 7) is 1.81. The lowest BCUT2D eigenvalue weighted by atomic mass is 10.2. The average molecular weight is 418 g/mol. The third kappa shape index (κ3) is 6.40. The maximum absolute atomic E-state index is 12.1. The Balaban J connectivity index is 1.56. The van der Waals surface area contributed by atoms with Crippen molar-refractivity contribution in [2.45, 2.75) is 6.92 Å². The van der Waals surface area contributed by atoms with E-state index in [9.17, 15) is 9.59 Å². The molecule has 0 unspecified atom stereocenters. The third-order valence-electron chi connectivity index (χ3n) is 4.20. The molecule has 8 heteroatoms. The monoisotopic (exact) mass is 418 g/mol. The molecule has 2 aromatic carbocycles. The first-order valence-electron chi connectivity index (χ1n) is 9.46. The maximum atomic E-state index is 12.1. The predicted molar refractivity (Wildman–Crippen MR) is 118 cm³/mol. The number of hydrogen-bond acceptors (Lipinski definition) is 6. The minimum absolute atomic E-state index is 0.167. The standard InChI is InChI=1S/C23H22N4O4/c1-16-3-6-19(7-4-16)26-22(28)15-31-20-8-5-17(13-21(20)30-2)14-25-27-23(29)18-9-11-24-12-10-18/h3-14H,15H2,1-2H3,(H,26,28)(H,27,29). The maximum Gasteiger partial charge on any atom is 0.271 e. The highest BCUT2D eigenvalue weighted by molar-refractivity contribution is 5.94. The Labute approximate surface area is 179 Å². The number of carbonyl (C=O) groups excluding carboxylic acids is 2. The van der Waals surface area contributed by atoms with Gasteiger partial charge in [0.15, 0.2) is 18.1 Å². The van der Waals surface area contributed by atoms with Gasteiger partial charge in [-0.2, -0.15) is 5.10 Å². The van der Waals surface area contributed by atoms with Gasteiger partial charge in [0.25, 0.3) is 11.8 Å². The number of anilines is 1. The number of amides is 2. The zero-order chi connectivity index (χ0) is 22.1. The van der Waals surface area contributed by atoms with Crippen LogP contribution in [0.3, 0.4) is 0 Å². The molecule has 0 fully saturated rings. The number of hydrazone groups is 1. The van der Waals surface area contributed by atoms with E-state index in [1.165, 1.54) is 25.7 Å². The minimum Gasteiger partial charge on any atom is -0.493 e. The molecular weight excluding hydrogens is 396 g/mol. The van der Waals surface area contributed by atoms with Gasteiger partial charge >= 0.3 is 0 Å². The molecule has 2 N–H and O–H groups in total. The molecule has 0 aliphatic carbocycles. The first-order chi connectivity index (χ1) is 15.0. The number of hydrogen-bond donors (Lipinski definition) is 2. The van der Waals surface area contributed by atoms with Crippen molar-refractivity contribution in [3.05, 3.63) is 83.7 Å². The Bertz CT molecular complexity index is 1070. The van der Waals surface area contributed by atoms with Gasteiger partial charge in [-0.05, 0) is 55.0 Å². The number of methoxy groups -OCH3 is 1. The number of nitrogens with one attached hydrogen (secondary N) is 2. The number of aromatic nitrogens is 1. The van der Waals surface area contributed by atoms with Crippen molar-refractivity contribution in [3.63, 3.8) is 0 Å². The van der Waals surface area contributed by atoms with E-state index in [0.29, 0.717) is 28.3 Å². The van der Waals surface area contributed by atoms with Crippen LogP contribution in [0.4, 0.5) is 5.69 Å². The van der Waals surface area contributed by atoms with E-state index in [0.717, 1.165) is 5.56 Å². The fourth-order valence-corrected chi connectivity index (χ4v) is 2.59. The molecule has 158 valence electrons. The lowest BCUT2D eigenvalue weighted by Crippen LogP contribution is -2.20. The topological polar surface area (TPSA) is 102 Å². The van der Waals surface area contributed by atoms with Crippen LogP contribution in [0.1, 0.15) is 21.5 Å². The van der Waals surface area contributed by atoms with E-state index >= 15 is 0 Å². The molecule has 1 heterocycles. The van der Waals surface area contributed by atoms with Gasteiger partial charge in [-0.1, -0.05) is 17.7 Å². The molecular formula is C23H22N4O4. The summed E-state index contributed by atoms with van der Waals surface area (Å²) >= 11 is 0. The van der Waals surface area contributed by atoms with Crippen molar-refractivity contribution >= 4 is 23.7 Å². The number of aryl methyl sites for hydroxylation is 1. The number of ether oxygens (including phenoxy) is 2. The van der Waals surface area contributed by atoms with E-state index in [1.807, 2.05) is 31.2 Å². The quantitative estimate of drug-likeness (QED) is 0.432. The fourth-order valence-electron chi connectivity index (χ4n) is 2.59. The van der Waals surface area contributed by atoms with Crippen molar-refractivity contribution in [3.8, 4) is 11.5 Å². The molecule has 0 aliphatic rings. The zero-order valence-corrected chi connectivity index (χ0v) is 17.2. The molecule has 0 aliphatic heterocycles. The van der Waals surface area contributed by atoms with Crippen LogP contribution in [0.5, 0.6) is 11.5 Å². The normalized spacial score (nSPS) is 10.5. The first-order valence-corrected chi connectivity index (χ1v) is 9.46. The molecule has 0 spiro atoms. The summed E-state index contributed by atoms with van der Waals surface area (Å²) in [7, 11) is 1.50. The SMILES string of the molecule is COc1cc(C=NNC(=O)c2ccncc2)ccc1OCC(=O)Nc1ccc(C)cc1. The summed E-state index contributed by atoms with van der Waals surface area (Å²) in [5, 5.41) is 6.71. The van der Waals surface area contributed by atoms with Crippen LogP contribution in [0.2, 0.25) is 0 Å².